The monoisotopic (exact) mass is 423 g/mol. The highest BCUT2D eigenvalue weighted by atomic mass is 79.9. The van der Waals surface area contributed by atoms with Gasteiger partial charge in [-0.3, -0.25) is 4.79 Å². The van der Waals surface area contributed by atoms with E-state index in [0.29, 0.717) is 11.7 Å². The molecule has 0 fully saturated rings. The maximum Gasteiger partial charge on any atom is 0.248 e. The van der Waals surface area contributed by atoms with Gasteiger partial charge in [0.25, 0.3) is 0 Å². The van der Waals surface area contributed by atoms with Crippen LogP contribution < -0.4 is 5.32 Å². The van der Waals surface area contributed by atoms with Gasteiger partial charge in [-0.2, -0.15) is 10.1 Å². The van der Waals surface area contributed by atoms with Crippen LogP contribution in [0.3, 0.4) is 0 Å². The summed E-state index contributed by atoms with van der Waals surface area (Å²) in [6.07, 6.45) is 1.47. The Kier molecular flexibility index (Phi) is 4.61. The van der Waals surface area contributed by atoms with E-state index in [1.54, 1.807) is 4.68 Å². The first kappa shape index (κ1) is 17.6. The van der Waals surface area contributed by atoms with Crippen LogP contribution in [0.1, 0.15) is 24.1 Å². The van der Waals surface area contributed by atoms with E-state index >= 15 is 0 Å². The van der Waals surface area contributed by atoms with Crippen molar-refractivity contribution < 1.29 is 4.79 Å². The zero-order valence-corrected chi connectivity index (χ0v) is 16.5. The minimum Gasteiger partial charge on any atom is -0.325 e. The lowest BCUT2D eigenvalue weighted by Gasteiger charge is -2.30. The molecule has 136 valence electrons. The van der Waals surface area contributed by atoms with Gasteiger partial charge in [0.1, 0.15) is 12.2 Å². The maximum atomic E-state index is 13.3. The van der Waals surface area contributed by atoms with E-state index in [-0.39, 0.29) is 11.9 Å². The molecule has 0 aliphatic carbocycles. The molecular weight excluding hydrogens is 406 g/mol. The molecule has 1 aliphatic heterocycles. The Labute approximate surface area is 165 Å². The molecule has 2 atom stereocenters. The SMILES string of the molecule is CC1=Nc2ncnn2C(c2cccc(Br)c2)C1C(=O)Nc1ccccc1C. The number of halogens is 1. The van der Waals surface area contributed by atoms with Gasteiger partial charge in [-0.25, -0.2) is 9.67 Å². The van der Waals surface area contributed by atoms with Gasteiger partial charge < -0.3 is 5.32 Å². The Balaban J connectivity index is 1.77. The number of hydrogen-bond acceptors (Lipinski definition) is 4. The van der Waals surface area contributed by atoms with E-state index in [9.17, 15) is 4.79 Å². The number of para-hydroxylation sites is 1. The van der Waals surface area contributed by atoms with Crippen molar-refractivity contribution in [1.29, 1.82) is 0 Å². The van der Waals surface area contributed by atoms with Gasteiger partial charge in [-0.05, 0) is 43.2 Å². The number of aromatic nitrogens is 3. The lowest BCUT2D eigenvalue weighted by Crippen LogP contribution is -2.39. The number of hydrogen-bond donors (Lipinski definition) is 1. The molecule has 2 heterocycles. The van der Waals surface area contributed by atoms with E-state index in [1.807, 2.05) is 62.4 Å². The van der Waals surface area contributed by atoms with Gasteiger partial charge in [-0.15, -0.1) is 0 Å². The second kappa shape index (κ2) is 7.08. The molecule has 3 aromatic rings. The van der Waals surface area contributed by atoms with Crippen molar-refractivity contribution >= 4 is 39.2 Å². The predicted molar refractivity (Wildman–Crippen MR) is 108 cm³/mol. The van der Waals surface area contributed by atoms with E-state index in [2.05, 4.69) is 36.3 Å². The first-order valence-electron chi connectivity index (χ1n) is 8.61. The number of aryl methyl sites for hydroxylation is 1. The third kappa shape index (κ3) is 3.30. The molecule has 27 heavy (non-hydrogen) atoms. The number of nitrogens with one attached hydrogen (secondary N) is 1. The zero-order chi connectivity index (χ0) is 19.0. The topological polar surface area (TPSA) is 72.2 Å². The second-order valence-corrected chi connectivity index (χ2v) is 7.46. The van der Waals surface area contributed by atoms with Crippen molar-refractivity contribution in [3.05, 3.63) is 70.5 Å². The number of aliphatic imine (C=N–C) groups is 1. The third-order valence-corrected chi connectivity index (χ3v) is 5.23. The number of rotatable bonds is 3. The molecule has 1 aromatic heterocycles. The van der Waals surface area contributed by atoms with Crippen LogP contribution in [-0.2, 0) is 4.79 Å². The number of benzene rings is 2. The summed E-state index contributed by atoms with van der Waals surface area (Å²) in [6.45, 7) is 3.84. The van der Waals surface area contributed by atoms with Gasteiger partial charge in [0.2, 0.25) is 11.9 Å². The summed E-state index contributed by atoms with van der Waals surface area (Å²) < 4.78 is 2.66. The lowest BCUT2D eigenvalue weighted by atomic mass is 9.87. The average molecular weight is 424 g/mol. The molecular formula is C20H18BrN5O. The Bertz CT molecular complexity index is 1040. The molecule has 2 unspecified atom stereocenters. The molecule has 7 heteroatoms. The molecule has 1 aliphatic rings. The molecule has 4 rings (SSSR count). The van der Waals surface area contributed by atoms with Crippen LogP contribution in [0.15, 0.2) is 64.3 Å². The summed E-state index contributed by atoms with van der Waals surface area (Å²) in [6, 6.07) is 15.3. The second-order valence-electron chi connectivity index (χ2n) is 6.54. The van der Waals surface area contributed by atoms with Crippen molar-refractivity contribution in [3.63, 3.8) is 0 Å². The number of anilines is 1. The normalized spacial score (nSPS) is 18.6. The predicted octanol–water partition coefficient (Wildman–Crippen LogP) is 4.30. The molecule has 0 saturated carbocycles. The summed E-state index contributed by atoms with van der Waals surface area (Å²) in [5.41, 5.74) is 3.49. The van der Waals surface area contributed by atoms with Crippen molar-refractivity contribution in [3.8, 4) is 0 Å². The molecule has 2 aromatic carbocycles. The molecule has 0 radical (unpaired) electrons. The van der Waals surface area contributed by atoms with Gasteiger partial charge in [0.15, 0.2) is 0 Å². The van der Waals surface area contributed by atoms with Crippen molar-refractivity contribution in [2.75, 3.05) is 5.32 Å². The van der Waals surface area contributed by atoms with Crippen LogP contribution in [0.4, 0.5) is 11.6 Å². The van der Waals surface area contributed by atoms with Gasteiger partial charge in [0.05, 0.1) is 6.04 Å². The highest BCUT2D eigenvalue weighted by Crippen LogP contribution is 2.36. The maximum absolute atomic E-state index is 13.3. The summed E-state index contributed by atoms with van der Waals surface area (Å²) in [5, 5.41) is 7.39. The summed E-state index contributed by atoms with van der Waals surface area (Å²) in [4.78, 5) is 22.0. The summed E-state index contributed by atoms with van der Waals surface area (Å²) >= 11 is 3.52. The fraction of sp³-hybridized carbons (Fsp3) is 0.200. The number of carbonyl (C=O) groups excluding carboxylic acids is 1. The lowest BCUT2D eigenvalue weighted by molar-refractivity contribution is -0.118. The van der Waals surface area contributed by atoms with Gasteiger partial charge >= 0.3 is 0 Å². The quantitative estimate of drug-likeness (QED) is 0.682. The molecule has 1 N–H and O–H groups in total. The van der Waals surface area contributed by atoms with Crippen LogP contribution in [0.5, 0.6) is 0 Å². The van der Waals surface area contributed by atoms with Crippen molar-refractivity contribution in [2.24, 2.45) is 10.9 Å². The minimum atomic E-state index is -0.492. The Morgan fingerprint density at radius 3 is 2.74 bits per heavy atom. The Hall–Kier alpha value is -2.80. The number of amides is 1. The number of carbonyl (C=O) groups is 1. The number of nitrogens with zero attached hydrogens (tertiary/aromatic N) is 4. The van der Waals surface area contributed by atoms with E-state index in [4.69, 9.17) is 0 Å². The van der Waals surface area contributed by atoms with Crippen LogP contribution in [-0.4, -0.2) is 26.4 Å². The van der Waals surface area contributed by atoms with Crippen LogP contribution >= 0.6 is 15.9 Å². The first-order chi connectivity index (χ1) is 13.0. The van der Waals surface area contributed by atoms with Crippen LogP contribution in [0.25, 0.3) is 0 Å². The first-order valence-corrected chi connectivity index (χ1v) is 9.40. The molecule has 6 nitrogen and oxygen atoms in total. The van der Waals surface area contributed by atoms with E-state index < -0.39 is 5.92 Å². The minimum absolute atomic E-state index is 0.114. The summed E-state index contributed by atoms with van der Waals surface area (Å²) in [5.74, 6) is -0.0952. The fourth-order valence-electron chi connectivity index (χ4n) is 3.40. The smallest absolute Gasteiger partial charge is 0.248 e. The van der Waals surface area contributed by atoms with Gasteiger partial charge in [0, 0.05) is 15.9 Å². The molecule has 0 bridgehead atoms. The van der Waals surface area contributed by atoms with E-state index in [1.165, 1.54) is 6.33 Å². The standard InChI is InChI=1S/C20H18BrN5O/c1-12-6-3-4-9-16(12)25-19(27)17-13(2)24-20-22-11-23-26(20)18(17)14-7-5-8-15(21)10-14/h3-11,17-18H,1-2H3,(H,25,27). The fourth-order valence-corrected chi connectivity index (χ4v) is 3.82. The van der Waals surface area contributed by atoms with Crippen LogP contribution in [0.2, 0.25) is 0 Å². The Morgan fingerprint density at radius 1 is 1.15 bits per heavy atom. The molecule has 0 saturated heterocycles. The largest absolute Gasteiger partial charge is 0.325 e. The van der Waals surface area contributed by atoms with Gasteiger partial charge in [-0.1, -0.05) is 46.3 Å². The number of fused-ring (bicyclic) bond motifs is 1. The molecule has 0 spiro atoms. The molecule has 1 amide bonds. The zero-order valence-electron chi connectivity index (χ0n) is 14.9. The highest BCUT2D eigenvalue weighted by Gasteiger charge is 2.38. The summed E-state index contributed by atoms with van der Waals surface area (Å²) in [7, 11) is 0. The highest BCUT2D eigenvalue weighted by molar-refractivity contribution is 9.10. The van der Waals surface area contributed by atoms with Crippen molar-refractivity contribution in [2.45, 2.75) is 19.9 Å². The van der Waals surface area contributed by atoms with Crippen LogP contribution in [0, 0.1) is 12.8 Å². The van der Waals surface area contributed by atoms with Crippen molar-refractivity contribution in [1.82, 2.24) is 14.8 Å². The Morgan fingerprint density at radius 2 is 1.96 bits per heavy atom. The third-order valence-electron chi connectivity index (χ3n) is 4.74. The van der Waals surface area contributed by atoms with E-state index in [0.717, 1.165) is 21.3 Å². The average Bonchev–Trinajstić information content (AvgIpc) is 3.10.